The fourth-order valence-electron chi connectivity index (χ4n) is 4.26. The maximum Gasteiger partial charge on any atom is 0.411 e. The minimum absolute atomic E-state index is 0.0278. The Balaban J connectivity index is 0.000000169. The molecule has 10 heteroatoms. The summed E-state index contributed by atoms with van der Waals surface area (Å²) in [5, 5.41) is 9.34. The number of carbonyl (C=O) groups is 4. The minimum atomic E-state index is -0.476. The van der Waals surface area contributed by atoms with Crippen LogP contribution in [0.1, 0.15) is 85.2 Å². The molecule has 1 saturated heterocycles. The molecule has 0 radical (unpaired) electrons. The van der Waals surface area contributed by atoms with E-state index in [-0.39, 0.29) is 41.8 Å². The predicted molar refractivity (Wildman–Crippen MR) is 158 cm³/mol. The van der Waals surface area contributed by atoms with Crippen molar-refractivity contribution in [2.75, 3.05) is 13.1 Å². The van der Waals surface area contributed by atoms with E-state index in [1.807, 2.05) is 26.0 Å². The highest BCUT2D eigenvalue weighted by atomic mass is 79.9. The SMILES string of the molecule is CC(=O)c1cc(C)c(Br)cc1O.CC(C)(C)OC(=O)N1CC(=O)C1.Cc1cc2c(cc1Br)OC1(CCC1)CC2=O. The van der Waals surface area contributed by atoms with Crippen LogP contribution in [-0.4, -0.2) is 57.7 Å². The fraction of sp³-hybridized carbons (Fsp3) is 0.467. The van der Waals surface area contributed by atoms with Crippen molar-refractivity contribution in [2.24, 2.45) is 0 Å². The first-order valence-electron chi connectivity index (χ1n) is 13.0. The average Bonchev–Trinajstić information content (AvgIpc) is 2.79. The summed E-state index contributed by atoms with van der Waals surface area (Å²) < 4.78 is 12.9. The lowest BCUT2D eigenvalue weighted by Gasteiger charge is -2.44. The van der Waals surface area contributed by atoms with Gasteiger partial charge in [0.25, 0.3) is 0 Å². The molecule has 0 unspecified atom stereocenters. The predicted octanol–water partition coefficient (Wildman–Crippen LogP) is 7.12. The lowest BCUT2D eigenvalue weighted by atomic mass is 9.74. The summed E-state index contributed by atoms with van der Waals surface area (Å²) in [5.41, 5.74) is 2.50. The van der Waals surface area contributed by atoms with Crippen molar-refractivity contribution >= 4 is 55.3 Å². The quantitative estimate of drug-likeness (QED) is 0.320. The summed E-state index contributed by atoms with van der Waals surface area (Å²) in [5.74, 6) is 0.980. The third-order valence-corrected chi connectivity index (χ3v) is 8.39. The topological polar surface area (TPSA) is 110 Å². The molecule has 1 saturated carbocycles. The maximum atomic E-state index is 12.1. The Hall–Kier alpha value is -2.72. The van der Waals surface area contributed by atoms with Crippen molar-refractivity contribution in [1.82, 2.24) is 4.90 Å². The van der Waals surface area contributed by atoms with Gasteiger partial charge in [0, 0.05) is 8.95 Å². The third-order valence-electron chi connectivity index (χ3n) is 6.68. The second-order valence-corrected chi connectivity index (χ2v) is 13.1. The van der Waals surface area contributed by atoms with Crippen molar-refractivity contribution in [3.63, 3.8) is 0 Å². The van der Waals surface area contributed by atoms with E-state index < -0.39 is 11.7 Å². The zero-order valence-corrected chi connectivity index (χ0v) is 26.8. The Bertz CT molecular complexity index is 1330. The number of fused-ring (bicyclic) bond motifs is 1. The van der Waals surface area contributed by atoms with E-state index in [2.05, 4.69) is 31.9 Å². The van der Waals surface area contributed by atoms with Gasteiger partial charge in [-0.3, -0.25) is 19.3 Å². The van der Waals surface area contributed by atoms with E-state index in [4.69, 9.17) is 9.47 Å². The van der Waals surface area contributed by atoms with Crippen LogP contribution in [0.4, 0.5) is 4.79 Å². The van der Waals surface area contributed by atoms with Crippen molar-refractivity contribution in [1.29, 1.82) is 0 Å². The van der Waals surface area contributed by atoms with Gasteiger partial charge in [0.1, 0.15) is 22.7 Å². The lowest BCUT2D eigenvalue weighted by Crippen LogP contribution is -2.52. The molecule has 0 bridgehead atoms. The molecule has 8 nitrogen and oxygen atoms in total. The van der Waals surface area contributed by atoms with Gasteiger partial charge in [-0.15, -0.1) is 0 Å². The number of ketones is 3. The number of benzene rings is 2. The van der Waals surface area contributed by atoms with Crippen LogP contribution in [0.2, 0.25) is 0 Å². The number of carbonyl (C=O) groups excluding carboxylic acids is 4. The largest absolute Gasteiger partial charge is 0.507 e. The standard InChI is InChI=1S/C13H13BrO2.C9H9BrO2.C8H13NO3/c1-8-5-9-11(15)7-13(3-2-4-13)16-12(9)6-10(8)14;1-5-3-7(6(2)11)9(12)4-8(5)10;1-8(2,3)12-7(11)9-4-6(10)5-9/h5-6H,2-4,7H2,1H3;3-4,12H,1-2H3;4-5H2,1-3H3. The summed E-state index contributed by atoms with van der Waals surface area (Å²) in [4.78, 5) is 46.1. The van der Waals surface area contributed by atoms with Crippen molar-refractivity contribution in [2.45, 2.75) is 78.4 Å². The molecule has 1 N–H and O–H groups in total. The van der Waals surface area contributed by atoms with Crippen LogP contribution < -0.4 is 4.74 Å². The summed E-state index contributed by atoms with van der Waals surface area (Å²) in [7, 11) is 0. The van der Waals surface area contributed by atoms with Gasteiger partial charge < -0.3 is 14.6 Å². The number of likely N-dealkylation sites (tertiary alicyclic amines) is 1. The van der Waals surface area contributed by atoms with E-state index in [0.717, 1.165) is 44.2 Å². The number of halogens is 2. The van der Waals surface area contributed by atoms with E-state index >= 15 is 0 Å². The molecule has 216 valence electrons. The van der Waals surface area contributed by atoms with Crippen LogP contribution in [0, 0.1) is 13.8 Å². The van der Waals surface area contributed by atoms with E-state index in [9.17, 15) is 24.3 Å². The molecule has 0 atom stereocenters. The van der Waals surface area contributed by atoms with E-state index in [1.54, 1.807) is 26.8 Å². The minimum Gasteiger partial charge on any atom is -0.507 e. The van der Waals surface area contributed by atoms with Gasteiger partial charge in [-0.25, -0.2) is 4.79 Å². The van der Waals surface area contributed by atoms with Crippen LogP contribution in [0.5, 0.6) is 11.5 Å². The Morgan fingerprint density at radius 1 is 1.00 bits per heavy atom. The molecule has 2 aliphatic heterocycles. The number of Topliss-reactive ketones (excluding diaryl/α,β-unsaturated/α-hetero) is 3. The highest BCUT2D eigenvalue weighted by molar-refractivity contribution is 9.10. The molecule has 2 aromatic rings. The summed E-state index contributed by atoms with van der Waals surface area (Å²) in [6.07, 6.45) is 3.37. The molecule has 3 aliphatic rings. The molecule has 1 spiro atoms. The van der Waals surface area contributed by atoms with Gasteiger partial charge in [-0.2, -0.15) is 0 Å². The van der Waals surface area contributed by atoms with Crippen LogP contribution in [0.3, 0.4) is 0 Å². The third kappa shape index (κ3) is 7.94. The first-order chi connectivity index (χ1) is 18.5. The van der Waals surface area contributed by atoms with Gasteiger partial charge in [-0.05, 0) is 96.2 Å². The number of rotatable bonds is 1. The highest BCUT2D eigenvalue weighted by Gasteiger charge is 2.45. The second kappa shape index (κ2) is 12.4. The van der Waals surface area contributed by atoms with Gasteiger partial charge in [0.05, 0.1) is 30.6 Å². The molecular formula is C30H35Br2NO7. The van der Waals surface area contributed by atoms with Crippen LogP contribution in [-0.2, 0) is 9.53 Å². The molecule has 2 fully saturated rings. The second-order valence-electron chi connectivity index (χ2n) is 11.4. The zero-order valence-electron chi connectivity index (χ0n) is 23.7. The van der Waals surface area contributed by atoms with E-state index in [0.29, 0.717) is 12.0 Å². The van der Waals surface area contributed by atoms with Gasteiger partial charge >= 0.3 is 6.09 Å². The maximum absolute atomic E-state index is 12.1. The Morgan fingerprint density at radius 3 is 2.08 bits per heavy atom. The number of nitrogens with zero attached hydrogens (tertiary/aromatic N) is 1. The highest BCUT2D eigenvalue weighted by Crippen LogP contribution is 2.45. The number of aromatic hydroxyl groups is 1. The zero-order chi connectivity index (χ0) is 30.0. The molecule has 2 aromatic carbocycles. The van der Waals surface area contributed by atoms with Crippen molar-refractivity contribution in [3.8, 4) is 11.5 Å². The number of aryl methyl sites for hydroxylation is 2. The molecule has 40 heavy (non-hydrogen) atoms. The normalized spacial score (nSPS) is 16.6. The summed E-state index contributed by atoms with van der Waals surface area (Å²) in [6.45, 7) is 11.1. The number of ether oxygens (including phenoxy) is 2. The van der Waals surface area contributed by atoms with Gasteiger partial charge in [0.2, 0.25) is 0 Å². The monoisotopic (exact) mass is 679 g/mol. The molecule has 2 heterocycles. The molecular weight excluding hydrogens is 646 g/mol. The van der Waals surface area contributed by atoms with Crippen molar-refractivity contribution in [3.05, 3.63) is 55.5 Å². The lowest BCUT2D eigenvalue weighted by molar-refractivity contribution is -0.128. The Morgan fingerprint density at radius 2 is 1.57 bits per heavy atom. The fourth-order valence-corrected chi connectivity index (χ4v) is 4.91. The first kappa shape index (κ1) is 31.8. The van der Waals surface area contributed by atoms with Gasteiger partial charge in [-0.1, -0.05) is 31.9 Å². The van der Waals surface area contributed by atoms with Crippen molar-refractivity contribution < 1.29 is 33.8 Å². The first-order valence-corrected chi connectivity index (χ1v) is 14.6. The molecule has 5 rings (SSSR count). The molecule has 1 aliphatic carbocycles. The summed E-state index contributed by atoms with van der Waals surface area (Å²) in [6, 6.07) is 7.06. The Labute approximate surface area is 251 Å². The number of amides is 1. The Kier molecular flexibility index (Phi) is 9.88. The number of phenolic OH excluding ortho intramolecular Hbond substituents is 1. The molecule has 0 aromatic heterocycles. The number of hydrogen-bond acceptors (Lipinski definition) is 7. The van der Waals surface area contributed by atoms with Gasteiger partial charge in [0.15, 0.2) is 17.3 Å². The number of phenols is 1. The number of hydrogen-bond donors (Lipinski definition) is 1. The van der Waals surface area contributed by atoms with Crippen LogP contribution >= 0.6 is 31.9 Å². The molecule has 1 amide bonds. The van der Waals surface area contributed by atoms with Crippen LogP contribution in [0.15, 0.2) is 33.2 Å². The van der Waals surface area contributed by atoms with Crippen LogP contribution in [0.25, 0.3) is 0 Å². The average molecular weight is 681 g/mol. The summed E-state index contributed by atoms with van der Waals surface area (Å²) >= 11 is 6.74. The smallest absolute Gasteiger partial charge is 0.411 e. The van der Waals surface area contributed by atoms with E-state index in [1.165, 1.54) is 24.3 Å².